The zero-order chi connectivity index (χ0) is 31.3. The van der Waals surface area contributed by atoms with Crippen molar-refractivity contribution in [3.63, 3.8) is 0 Å². The molecule has 5 rings (SSSR count). The highest BCUT2D eigenvalue weighted by Crippen LogP contribution is 2.33. The second-order valence-corrected chi connectivity index (χ2v) is 14.6. The molecule has 0 bridgehead atoms. The predicted octanol–water partition coefficient (Wildman–Crippen LogP) is 5.78. The van der Waals surface area contributed by atoms with Gasteiger partial charge in [-0.1, -0.05) is 50.0 Å². The average Bonchev–Trinajstić information content (AvgIpc) is 3.66. The number of benzene rings is 1. The Hall–Kier alpha value is -3.64. The van der Waals surface area contributed by atoms with E-state index >= 15 is 0 Å². The first-order valence-electron chi connectivity index (χ1n) is 15.0. The van der Waals surface area contributed by atoms with Crippen LogP contribution in [0.5, 0.6) is 0 Å². The molecule has 0 saturated carbocycles. The quantitative estimate of drug-likeness (QED) is 0.258. The maximum Gasteiger partial charge on any atom is 0.237 e. The topological polar surface area (TPSA) is 115 Å². The lowest BCUT2D eigenvalue weighted by Gasteiger charge is -2.35. The molecule has 0 spiro atoms. The van der Waals surface area contributed by atoms with E-state index in [1.165, 1.54) is 16.9 Å². The van der Waals surface area contributed by atoms with Gasteiger partial charge in [0.15, 0.2) is 5.13 Å². The Morgan fingerprint density at radius 3 is 2.70 bits per heavy atom. The molecule has 2 aliphatic rings. The largest absolute Gasteiger partial charge is 0.444 e. The molecule has 11 heteroatoms. The van der Waals surface area contributed by atoms with Gasteiger partial charge in [-0.15, -0.1) is 11.8 Å². The van der Waals surface area contributed by atoms with Crippen molar-refractivity contribution in [2.45, 2.75) is 74.8 Å². The third-order valence-corrected chi connectivity index (χ3v) is 10.2. The SMILES string of the molecule is CC1c2ccc(C#CCN3CCC(C(=O)Nc4ncc(SCc5ncc(C(C)(C)C)o5)s4)CC3)cc2CCN1C(=O)CC#N. The molecule has 2 aliphatic heterocycles. The molecule has 1 atom stereocenters. The number of thiazole rings is 1. The maximum atomic E-state index is 12.9. The van der Waals surface area contributed by atoms with Crippen LogP contribution in [-0.4, -0.2) is 57.8 Å². The number of nitriles is 1. The fourth-order valence-electron chi connectivity index (χ4n) is 5.47. The molecule has 0 radical (unpaired) electrons. The Labute approximate surface area is 267 Å². The molecule has 3 aromatic rings. The van der Waals surface area contributed by atoms with Gasteiger partial charge in [-0.25, -0.2) is 9.97 Å². The molecule has 44 heavy (non-hydrogen) atoms. The first-order chi connectivity index (χ1) is 21.1. The zero-order valence-corrected chi connectivity index (χ0v) is 27.3. The summed E-state index contributed by atoms with van der Waals surface area (Å²) in [5, 5.41) is 12.5. The molecule has 1 aromatic carbocycles. The van der Waals surface area contributed by atoms with Crippen molar-refractivity contribution < 1.29 is 14.0 Å². The van der Waals surface area contributed by atoms with Gasteiger partial charge in [0, 0.05) is 23.4 Å². The van der Waals surface area contributed by atoms with Gasteiger partial charge in [-0.2, -0.15) is 5.26 Å². The van der Waals surface area contributed by atoms with E-state index in [0.717, 1.165) is 53.4 Å². The number of hydrogen-bond acceptors (Lipinski definition) is 9. The zero-order valence-electron chi connectivity index (χ0n) is 25.7. The fraction of sp³-hybridized carbons (Fsp3) is 0.485. The van der Waals surface area contributed by atoms with Gasteiger partial charge < -0.3 is 14.6 Å². The average molecular weight is 631 g/mol. The second-order valence-electron chi connectivity index (χ2n) is 12.2. The Kier molecular flexibility index (Phi) is 10.1. The van der Waals surface area contributed by atoms with Gasteiger partial charge in [-0.05, 0) is 62.5 Å². The summed E-state index contributed by atoms with van der Waals surface area (Å²) in [6.45, 7) is 11.2. The molecule has 9 nitrogen and oxygen atoms in total. The number of hydrogen-bond donors (Lipinski definition) is 1. The number of nitrogens with one attached hydrogen (secondary N) is 1. The van der Waals surface area contributed by atoms with E-state index in [9.17, 15) is 9.59 Å². The van der Waals surface area contributed by atoms with Gasteiger partial charge >= 0.3 is 0 Å². The lowest BCUT2D eigenvalue weighted by Crippen LogP contribution is -2.38. The number of piperidine rings is 1. The Bertz CT molecular complexity index is 1600. The molecule has 0 aliphatic carbocycles. The summed E-state index contributed by atoms with van der Waals surface area (Å²) in [5.74, 6) is 8.65. The van der Waals surface area contributed by atoms with Gasteiger partial charge in [0.1, 0.15) is 12.2 Å². The lowest BCUT2D eigenvalue weighted by molar-refractivity contribution is -0.132. The minimum Gasteiger partial charge on any atom is -0.444 e. The fourth-order valence-corrected chi connectivity index (χ4v) is 7.20. The summed E-state index contributed by atoms with van der Waals surface area (Å²) in [7, 11) is 0. The van der Waals surface area contributed by atoms with Crippen LogP contribution in [0.4, 0.5) is 5.13 Å². The van der Waals surface area contributed by atoms with E-state index in [1.54, 1.807) is 29.1 Å². The molecule has 2 amide bonds. The lowest BCUT2D eigenvalue weighted by atomic mass is 9.91. The Balaban J connectivity index is 1.05. The van der Waals surface area contributed by atoms with Crippen molar-refractivity contribution >= 4 is 40.0 Å². The van der Waals surface area contributed by atoms with Crippen molar-refractivity contribution in [1.29, 1.82) is 5.26 Å². The molecule has 1 saturated heterocycles. The number of anilines is 1. The van der Waals surface area contributed by atoms with Crippen LogP contribution in [-0.2, 0) is 27.2 Å². The van der Waals surface area contributed by atoms with Crippen LogP contribution >= 0.6 is 23.1 Å². The van der Waals surface area contributed by atoms with Crippen molar-refractivity contribution in [1.82, 2.24) is 19.8 Å². The summed E-state index contributed by atoms with van der Waals surface area (Å²) >= 11 is 3.07. The first-order valence-corrected chi connectivity index (χ1v) is 16.8. The van der Waals surface area contributed by atoms with E-state index < -0.39 is 0 Å². The molecular weight excluding hydrogens is 593 g/mol. The number of likely N-dealkylation sites (tertiary alicyclic amines) is 1. The van der Waals surface area contributed by atoms with Crippen molar-refractivity contribution in [2.24, 2.45) is 5.92 Å². The van der Waals surface area contributed by atoms with Gasteiger partial charge in [0.2, 0.25) is 17.7 Å². The number of oxazole rings is 1. The maximum absolute atomic E-state index is 12.9. The Morgan fingerprint density at radius 2 is 1.98 bits per heavy atom. The molecule has 1 N–H and O–H groups in total. The van der Waals surface area contributed by atoms with Gasteiger partial charge in [-0.3, -0.25) is 14.5 Å². The van der Waals surface area contributed by atoms with Crippen molar-refractivity contribution in [3.05, 3.63) is 58.9 Å². The standard InChI is InChI=1S/C33H38N6O3S2/c1-22-26-8-7-23(18-25(26)12-17-39(22)29(40)9-13-34)6-5-14-38-15-10-24(11-16-38)31(41)37-32-36-20-30(44-32)43-21-28-35-19-27(42-28)33(2,3)4/h7-8,18-20,22,24H,9-12,14-17,21H2,1-4H3,(H,36,37,41). The molecule has 2 aromatic heterocycles. The van der Waals surface area contributed by atoms with E-state index in [4.69, 9.17) is 9.68 Å². The van der Waals surface area contributed by atoms with Crippen LogP contribution < -0.4 is 5.32 Å². The molecule has 1 unspecified atom stereocenters. The smallest absolute Gasteiger partial charge is 0.237 e. The summed E-state index contributed by atoms with van der Waals surface area (Å²) in [4.78, 5) is 38.0. The number of amides is 2. The number of carbonyl (C=O) groups excluding carboxylic acids is 2. The monoisotopic (exact) mass is 630 g/mol. The van der Waals surface area contributed by atoms with Gasteiger partial charge in [0.05, 0.1) is 41.0 Å². The number of aromatic nitrogens is 2. The van der Waals surface area contributed by atoms with Crippen LogP contribution in [0.25, 0.3) is 0 Å². The van der Waals surface area contributed by atoms with Crippen molar-refractivity contribution in [3.8, 4) is 17.9 Å². The third kappa shape index (κ3) is 7.89. The molecular formula is C33H38N6O3S2. The number of nitrogens with zero attached hydrogens (tertiary/aromatic N) is 5. The van der Waals surface area contributed by atoms with Crippen molar-refractivity contribution in [2.75, 3.05) is 31.5 Å². The highest BCUT2D eigenvalue weighted by molar-refractivity contribution is 8.00. The van der Waals surface area contributed by atoms with Crippen LogP contribution in [0.15, 0.2) is 39.2 Å². The van der Waals surface area contributed by atoms with E-state index in [2.05, 4.69) is 64.9 Å². The molecule has 4 heterocycles. The van der Waals surface area contributed by atoms with E-state index in [1.807, 2.05) is 19.1 Å². The van der Waals surface area contributed by atoms with Crippen LogP contribution in [0.1, 0.15) is 81.3 Å². The first kappa shape index (κ1) is 31.8. The highest BCUT2D eigenvalue weighted by Gasteiger charge is 2.28. The van der Waals surface area contributed by atoms with E-state index in [0.29, 0.717) is 29.9 Å². The number of carbonyl (C=O) groups is 2. The van der Waals surface area contributed by atoms with Crippen LogP contribution in [0, 0.1) is 29.1 Å². The summed E-state index contributed by atoms with van der Waals surface area (Å²) < 4.78 is 6.87. The third-order valence-electron chi connectivity index (χ3n) is 8.07. The summed E-state index contributed by atoms with van der Waals surface area (Å²) in [6.07, 6.45) is 5.85. The van der Waals surface area contributed by atoms with Crippen LogP contribution in [0.2, 0.25) is 0 Å². The normalized spacial score (nSPS) is 17.3. The number of rotatable bonds is 7. The minimum atomic E-state index is -0.114. The number of fused-ring (bicyclic) bond motifs is 1. The predicted molar refractivity (Wildman–Crippen MR) is 172 cm³/mol. The molecule has 230 valence electrons. The Morgan fingerprint density at radius 1 is 1.18 bits per heavy atom. The van der Waals surface area contributed by atoms with E-state index in [-0.39, 0.29) is 35.6 Å². The minimum absolute atomic E-state index is 0.0281. The van der Waals surface area contributed by atoms with Crippen LogP contribution in [0.3, 0.4) is 0 Å². The summed E-state index contributed by atoms with van der Waals surface area (Å²) in [6, 6.07) is 8.11. The number of thioether (sulfide) groups is 1. The highest BCUT2D eigenvalue weighted by atomic mass is 32.2. The van der Waals surface area contributed by atoms with Gasteiger partial charge in [0.25, 0.3) is 0 Å². The molecule has 1 fully saturated rings. The summed E-state index contributed by atoms with van der Waals surface area (Å²) in [5.41, 5.74) is 3.24. The second kappa shape index (κ2) is 14.0.